The van der Waals surface area contributed by atoms with Crippen LogP contribution in [-0.4, -0.2) is 18.9 Å². The van der Waals surface area contributed by atoms with E-state index < -0.39 is 22.1 Å². The number of rotatable bonds is 4. The minimum Gasteiger partial charge on any atom is -0.273 e. The molecule has 2 N–H and O–H groups in total. The highest BCUT2D eigenvalue weighted by Gasteiger charge is 2.21. The van der Waals surface area contributed by atoms with E-state index in [1.165, 1.54) is 0 Å². The van der Waals surface area contributed by atoms with Gasteiger partial charge in [-0.15, -0.1) is 0 Å². The Morgan fingerprint density at radius 3 is 2.38 bits per heavy atom. The maximum absolute atomic E-state index is 11.5. The predicted molar refractivity (Wildman–Crippen MR) is 59.2 cm³/mol. The number of hydrogen-bond donors (Lipinski definition) is 2. The van der Waals surface area contributed by atoms with Crippen LogP contribution < -0.4 is 4.72 Å². The van der Waals surface area contributed by atoms with Gasteiger partial charge in [0.1, 0.15) is 0 Å². The molecule has 1 aromatic carbocycles. The van der Waals surface area contributed by atoms with Crippen LogP contribution in [0.1, 0.15) is 24.8 Å². The fraction of sp³-hybridized carbons (Fsp3) is 0.300. The monoisotopic (exact) mass is 243 g/mol. The molecule has 0 aromatic heterocycles. The van der Waals surface area contributed by atoms with E-state index in [-0.39, 0.29) is 0 Å². The highest BCUT2D eigenvalue weighted by atomic mass is 32.2. The maximum atomic E-state index is 11.5. The molecule has 0 saturated heterocycles. The van der Waals surface area contributed by atoms with Gasteiger partial charge in [-0.2, -0.15) is 8.42 Å². The summed E-state index contributed by atoms with van der Waals surface area (Å²) in [7, 11) is -4.49. The van der Waals surface area contributed by atoms with E-state index in [1.807, 2.05) is 0 Å². The molecule has 1 aromatic rings. The van der Waals surface area contributed by atoms with Crippen LogP contribution in [-0.2, 0) is 15.1 Å². The van der Waals surface area contributed by atoms with Gasteiger partial charge in [0.15, 0.2) is 0 Å². The molecule has 88 valence electrons. The largest absolute Gasteiger partial charge is 0.359 e. The Bertz CT molecular complexity index is 455. The molecule has 1 atom stereocenters. The summed E-state index contributed by atoms with van der Waals surface area (Å²) in [5.74, 6) is -1.31. The SMILES string of the molecule is CCC(C(=O)NS(=O)(=O)O)c1ccccc1. The fourth-order valence-corrected chi connectivity index (χ4v) is 1.85. The number of carbonyl (C=O) groups is 1. The Balaban J connectivity index is 2.88. The summed E-state index contributed by atoms with van der Waals surface area (Å²) in [6, 6.07) is 8.80. The first-order chi connectivity index (χ1) is 7.44. The molecule has 6 heteroatoms. The highest BCUT2D eigenvalue weighted by Crippen LogP contribution is 2.19. The molecule has 0 spiro atoms. The lowest BCUT2D eigenvalue weighted by atomic mass is 9.96. The lowest BCUT2D eigenvalue weighted by molar-refractivity contribution is -0.120. The average molecular weight is 243 g/mol. The van der Waals surface area contributed by atoms with Gasteiger partial charge in [0.05, 0.1) is 5.92 Å². The first-order valence-corrected chi connectivity index (χ1v) is 6.22. The zero-order valence-electron chi connectivity index (χ0n) is 8.75. The van der Waals surface area contributed by atoms with E-state index in [9.17, 15) is 13.2 Å². The molecule has 0 bridgehead atoms. The molecule has 0 saturated carbocycles. The first-order valence-electron chi connectivity index (χ1n) is 4.78. The molecule has 0 heterocycles. The molecule has 0 aliphatic rings. The maximum Gasteiger partial charge on any atom is 0.359 e. The summed E-state index contributed by atoms with van der Waals surface area (Å²) < 4.78 is 31.1. The third-order valence-electron chi connectivity index (χ3n) is 2.16. The van der Waals surface area contributed by atoms with E-state index >= 15 is 0 Å². The third-order valence-corrected chi connectivity index (χ3v) is 2.62. The first kappa shape index (κ1) is 12.7. The lowest BCUT2D eigenvalue weighted by Gasteiger charge is -2.13. The Labute approximate surface area is 94.4 Å². The molecular weight excluding hydrogens is 230 g/mol. The average Bonchev–Trinajstić information content (AvgIpc) is 2.17. The van der Waals surface area contributed by atoms with Crippen LogP contribution in [0.15, 0.2) is 30.3 Å². The normalized spacial score (nSPS) is 13.1. The molecule has 16 heavy (non-hydrogen) atoms. The third kappa shape index (κ3) is 3.63. The van der Waals surface area contributed by atoms with Gasteiger partial charge < -0.3 is 0 Å². The molecule has 0 aliphatic carbocycles. The minimum atomic E-state index is -4.49. The van der Waals surface area contributed by atoms with Crippen molar-refractivity contribution in [2.24, 2.45) is 0 Å². The summed E-state index contributed by atoms with van der Waals surface area (Å²) >= 11 is 0. The molecular formula is C10H13NO4S. The van der Waals surface area contributed by atoms with Gasteiger partial charge in [0.25, 0.3) is 0 Å². The van der Waals surface area contributed by atoms with Gasteiger partial charge in [0, 0.05) is 0 Å². The Hall–Kier alpha value is -1.40. The van der Waals surface area contributed by atoms with Crippen molar-refractivity contribution < 1.29 is 17.8 Å². The van der Waals surface area contributed by atoms with Crippen LogP contribution in [0, 0.1) is 0 Å². The van der Waals surface area contributed by atoms with Crippen molar-refractivity contribution >= 4 is 16.2 Å². The van der Waals surface area contributed by atoms with Gasteiger partial charge in [0.2, 0.25) is 5.91 Å². The van der Waals surface area contributed by atoms with E-state index in [4.69, 9.17) is 4.55 Å². The summed E-state index contributed by atoms with van der Waals surface area (Å²) in [4.78, 5) is 11.5. The van der Waals surface area contributed by atoms with Crippen molar-refractivity contribution in [1.82, 2.24) is 4.72 Å². The van der Waals surface area contributed by atoms with E-state index in [2.05, 4.69) is 0 Å². The standard InChI is InChI=1S/C10H13NO4S/c1-2-9(8-6-4-3-5-7-8)10(12)11-16(13,14)15/h3-7,9H,2H2,1H3,(H,11,12)(H,13,14,15). The predicted octanol–water partition coefficient (Wildman–Crippen LogP) is 1.10. The second-order valence-electron chi connectivity index (χ2n) is 3.31. The van der Waals surface area contributed by atoms with Crippen LogP contribution in [0.25, 0.3) is 0 Å². The Morgan fingerprint density at radius 1 is 1.38 bits per heavy atom. The van der Waals surface area contributed by atoms with E-state index in [0.29, 0.717) is 12.0 Å². The summed E-state index contributed by atoms with van der Waals surface area (Å²) in [6.45, 7) is 1.77. The number of nitrogens with one attached hydrogen (secondary N) is 1. The zero-order valence-corrected chi connectivity index (χ0v) is 9.57. The quantitative estimate of drug-likeness (QED) is 0.776. The van der Waals surface area contributed by atoms with Gasteiger partial charge in [-0.1, -0.05) is 37.3 Å². The Morgan fingerprint density at radius 2 is 1.94 bits per heavy atom. The summed E-state index contributed by atoms with van der Waals surface area (Å²) in [5.41, 5.74) is 0.714. The molecule has 1 unspecified atom stereocenters. The topological polar surface area (TPSA) is 83.5 Å². The number of carbonyl (C=O) groups excluding carboxylic acids is 1. The molecule has 0 radical (unpaired) electrons. The lowest BCUT2D eigenvalue weighted by Crippen LogP contribution is -2.33. The molecule has 0 aliphatic heterocycles. The molecule has 1 amide bonds. The number of amides is 1. The Kier molecular flexibility index (Phi) is 4.03. The van der Waals surface area contributed by atoms with Crippen molar-refractivity contribution in [2.75, 3.05) is 0 Å². The zero-order chi connectivity index (χ0) is 12.2. The van der Waals surface area contributed by atoms with Crippen molar-refractivity contribution in [1.29, 1.82) is 0 Å². The van der Waals surface area contributed by atoms with Gasteiger partial charge in [-0.05, 0) is 12.0 Å². The minimum absolute atomic E-state index is 0.450. The molecule has 0 fully saturated rings. The van der Waals surface area contributed by atoms with Gasteiger partial charge >= 0.3 is 10.3 Å². The van der Waals surface area contributed by atoms with Crippen molar-refractivity contribution in [2.45, 2.75) is 19.3 Å². The van der Waals surface area contributed by atoms with Crippen LogP contribution in [0.3, 0.4) is 0 Å². The van der Waals surface area contributed by atoms with Gasteiger partial charge in [-0.3, -0.25) is 9.35 Å². The van der Waals surface area contributed by atoms with E-state index in [1.54, 1.807) is 42.0 Å². The van der Waals surface area contributed by atoms with Crippen molar-refractivity contribution in [3.63, 3.8) is 0 Å². The van der Waals surface area contributed by atoms with Crippen molar-refractivity contribution in [3.05, 3.63) is 35.9 Å². The van der Waals surface area contributed by atoms with E-state index in [0.717, 1.165) is 0 Å². The molecule has 1 rings (SSSR count). The van der Waals surface area contributed by atoms with Crippen LogP contribution in [0.5, 0.6) is 0 Å². The molecule has 5 nitrogen and oxygen atoms in total. The van der Waals surface area contributed by atoms with Gasteiger partial charge in [-0.25, -0.2) is 4.72 Å². The highest BCUT2D eigenvalue weighted by molar-refractivity contribution is 7.84. The second-order valence-corrected chi connectivity index (χ2v) is 4.47. The van der Waals surface area contributed by atoms with Crippen LogP contribution >= 0.6 is 0 Å². The smallest absolute Gasteiger partial charge is 0.273 e. The number of benzene rings is 1. The summed E-state index contributed by atoms with van der Waals surface area (Å²) in [5, 5.41) is 0. The second kappa shape index (κ2) is 5.09. The number of hydrogen-bond acceptors (Lipinski definition) is 3. The van der Waals surface area contributed by atoms with Crippen LogP contribution in [0.2, 0.25) is 0 Å². The summed E-state index contributed by atoms with van der Waals surface area (Å²) in [6.07, 6.45) is 0.450. The van der Waals surface area contributed by atoms with Crippen molar-refractivity contribution in [3.8, 4) is 0 Å². The van der Waals surface area contributed by atoms with Crippen LogP contribution in [0.4, 0.5) is 0 Å². The fourth-order valence-electron chi connectivity index (χ4n) is 1.46.